The smallest absolute Gasteiger partial charge is 0.213 e. The number of hydrogen-bond acceptors (Lipinski definition) is 3. The molecule has 2 rings (SSSR count). The Morgan fingerprint density at radius 2 is 1.93 bits per heavy atom. The maximum absolute atomic E-state index is 5.70. The summed E-state index contributed by atoms with van der Waals surface area (Å²) < 4.78 is 5.45. The highest BCUT2D eigenvalue weighted by Crippen LogP contribution is 2.12. The summed E-state index contributed by atoms with van der Waals surface area (Å²) in [6, 6.07) is 7.28. The minimum atomic E-state index is 0.483. The van der Waals surface area contributed by atoms with Gasteiger partial charge in [-0.05, 0) is 23.8 Å². The van der Waals surface area contributed by atoms with Gasteiger partial charge in [0.05, 0.1) is 5.02 Å². The summed E-state index contributed by atoms with van der Waals surface area (Å²) >= 11 is 5.70. The molecule has 2 heterocycles. The van der Waals surface area contributed by atoms with Crippen molar-refractivity contribution in [2.45, 2.75) is 6.61 Å². The van der Waals surface area contributed by atoms with Crippen LogP contribution in [0.3, 0.4) is 0 Å². The van der Waals surface area contributed by atoms with Crippen LogP contribution in [0.25, 0.3) is 0 Å². The average molecular weight is 221 g/mol. The van der Waals surface area contributed by atoms with E-state index in [1.165, 1.54) is 0 Å². The zero-order chi connectivity index (χ0) is 10.5. The summed E-state index contributed by atoms with van der Waals surface area (Å²) in [5, 5.41) is 0.603. The molecule has 3 nitrogen and oxygen atoms in total. The number of halogens is 1. The number of pyridine rings is 2. The van der Waals surface area contributed by atoms with E-state index in [0.717, 1.165) is 5.56 Å². The fourth-order valence-corrected chi connectivity index (χ4v) is 1.20. The van der Waals surface area contributed by atoms with Crippen LogP contribution in [0.5, 0.6) is 5.88 Å². The van der Waals surface area contributed by atoms with Gasteiger partial charge in [0, 0.05) is 24.7 Å². The Morgan fingerprint density at radius 3 is 2.60 bits per heavy atom. The molecule has 0 aliphatic rings. The summed E-state index contributed by atoms with van der Waals surface area (Å²) in [6.45, 7) is 0.483. The van der Waals surface area contributed by atoms with Gasteiger partial charge < -0.3 is 4.74 Å². The van der Waals surface area contributed by atoms with E-state index in [9.17, 15) is 0 Å². The maximum Gasteiger partial charge on any atom is 0.213 e. The number of aromatic nitrogens is 2. The molecule has 0 bridgehead atoms. The monoisotopic (exact) mass is 220 g/mol. The van der Waals surface area contributed by atoms with Crippen LogP contribution in [0.4, 0.5) is 0 Å². The highest BCUT2D eigenvalue weighted by Gasteiger charge is 1.96. The van der Waals surface area contributed by atoms with Gasteiger partial charge in [-0.25, -0.2) is 4.98 Å². The molecule has 2 aromatic rings. The molecule has 0 N–H and O–H groups in total. The molecule has 0 aromatic carbocycles. The molecule has 15 heavy (non-hydrogen) atoms. The van der Waals surface area contributed by atoms with Crippen molar-refractivity contribution in [1.82, 2.24) is 9.97 Å². The molecule has 0 radical (unpaired) electrons. The molecule has 0 aliphatic heterocycles. The number of rotatable bonds is 3. The molecule has 0 aliphatic carbocycles. The zero-order valence-corrected chi connectivity index (χ0v) is 8.69. The first-order chi connectivity index (χ1) is 7.34. The summed E-state index contributed by atoms with van der Waals surface area (Å²) in [5.41, 5.74) is 1.06. The Kier molecular flexibility index (Phi) is 3.15. The van der Waals surface area contributed by atoms with Crippen molar-refractivity contribution in [2.75, 3.05) is 0 Å². The first-order valence-corrected chi connectivity index (χ1v) is 4.85. The molecule has 0 spiro atoms. The third-order valence-corrected chi connectivity index (χ3v) is 2.06. The van der Waals surface area contributed by atoms with Crippen LogP contribution in [-0.2, 0) is 6.61 Å². The lowest BCUT2D eigenvalue weighted by Gasteiger charge is -2.04. The van der Waals surface area contributed by atoms with E-state index in [1.54, 1.807) is 30.7 Å². The second kappa shape index (κ2) is 4.75. The number of hydrogen-bond donors (Lipinski definition) is 0. The third kappa shape index (κ3) is 2.92. The van der Waals surface area contributed by atoms with Gasteiger partial charge in [0.2, 0.25) is 5.88 Å². The van der Waals surface area contributed by atoms with Crippen molar-refractivity contribution >= 4 is 11.6 Å². The molecule has 0 unspecified atom stereocenters. The van der Waals surface area contributed by atoms with E-state index in [1.807, 2.05) is 12.1 Å². The first-order valence-electron chi connectivity index (χ1n) is 4.48. The van der Waals surface area contributed by atoms with Crippen molar-refractivity contribution in [2.24, 2.45) is 0 Å². The molecule has 0 fully saturated rings. The largest absolute Gasteiger partial charge is 0.473 e. The van der Waals surface area contributed by atoms with E-state index in [-0.39, 0.29) is 0 Å². The maximum atomic E-state index is 5.70. The standard InChI is InChI=1S/C11H9ClN2O/c12-10-1-2-11(14-7-10)15-8-9-3-5-13-6-4-9/h1-7H,8H2. The molecular weight excluding hydrogens is 212 g/mol. The topological polar surface area (TPSA) is 35.0 Å². The van der Waals surface area contributed by atoms with E-state index in [4.69, 9.17) is 16.3 Å². The van der Waals surface area contributed by atoms with Gasteiger partial charge in [0.25, 0.3) is 0 Å². The molecular formula is C11H9ClN2O. The van der Waals surface area contributed by atoms with Crippen molar-refractivity contribution < 1.29 is 4.74 Å². The van der Waals surface area contributed by atoms with Crippen molar-refractivity contribution in [3.05, 3.63) is 53.4 Å². The second-order valence-corrected chi connectivity index (χ2v) is 3.40. The van der Waals surface area contributed by atoms with E-state index in [2.05, 4.69) is 9.97 Å². The van der Waals surface area contributed by atoms with Gasteiger partial charge in [-0.15, -0.1) is 0 Å². The predicted octanol–water partition coefficient (Wildman–Crippen LogP) is 2.71. The zero-order valence-electron chi connectivity index (χ0n) is 7.93. The van der Waals surface area contributed by atoms with Crippen molar-refractivity contribution in [3.8, 4) is 5.88 Å². The Balaban J connectivity index is 1.96. The predicted molar refractivity (Wildman–Crippen MR) is 57.8 cm³/mol. The summed E-state index contributed by atoms with van der Waals surface area (Å²) in [7, 11) is 0. The lowest BCUT2D eigenvalue weighted by molar-refractivity contribution is 0.294. The molecule has 0 saturated heterocycles. The van der Waals surface area contributed by atoms with Gasteiger partial charge in [-0.2, -0.15) is 0 Å². The fraction of sp³-hybridized carbons (Fsp3) is 0.0909. The van der Waals surface area contributed by atoms with Gasteiger partial charge in [-0.1, -0.05) is 11.6 Å². The molecule has 76 valence electrons. The Labute approximate surface area is 92.7 Å². The van der Waals surface area contributed by atoms with Crippen molar-refractivity contribution in [1.29, 1.82) is 0 Å². The molecule has 0 amide bonds. The van der Waals surface area contributed by atoms with Crippen LogP contribution in [0, 0.1) is 0 Å². The van der Waals surface area contributed by atoms with Gasteiger partial charge in [0.15, 0.2) is 0 Å². The van der Waals surface area contributed by atoms with Crippen molar-refractivity contribution in [3.63, 3.8) is 0 Å². The number of ether oxygens (including phenoxy) is 1. The summed E-state index contributed by atoms with van der Waals surface area (Å²) in [6.07, 6.45) is 5.02. The third-order valence-electron chi connectivity index (χ3n) is 1.84. The molecule has 2 aromatic heterocycles. The van der Waals surface area contributed by atoms with E-state index < -0.39 is 0 Å². The summed E-state index contributed by atoms with van der Waals surface area (Å²) in [4.78, 5) is 7.95. The van der Waals surface area contributed by atoms with Gasteiger partial charge in [0.1, 0.15) is 6.61 Å². The Hall–Kier alpha value is -1.61. The molecule has 0 atom stereocenters. The molecule has 4 heteroatoms. The molecule has 0 saturated carbocycles. The quantitative estimate of drug-likeness (QED) is 0.798. The normalized spacial score (nSPS) is 9.93. The lowest BCUT2D eigenvalue weighted by atomic mass is 10.3. The van der Waals surface area contributed by atoms with Gasteiger partial charge >= 0.3 is 0 Å². The van der Waals surface area contributed by atoms with Crippen LogP contribution in [0.1, 0.15) is 5.56 Å². The highest BCUT2D eigenvalue weighted by molar-refractivity contribution is 6.30. The average Bonchev–Trinajstić information content (AvgIpc) is 2.30. The number of nitrogens with zero attached hydrogens (tertiary/aromatic N) is 2. The first kappa shape index (κ1) is 9.93. The van der Waals surface area contributed by atoms with Crippen LogP contribution < -0.4 is 4.74 Å². The van der Waals surface area contributed by atoms with Crippen LogP contribution in [0.15, 0.2) is 42.9 Å². The highest BCUT2D eigenvalue weighted by atomic mass is 35.5. The Morgan fingerprint density at radius 1 is 1.13 bits per heavy atom. The minimum Gasteiger partial charge on any atom is -0.473 e. The Bertz CT molecular complexity index is 416. The van der Waals surface area contributed by atoms with Crippen LogP contribution in [-0.4, -0.2) is 9.97 Å². The van der Waals surface area contributed by atoms with Gasteiger partial charge in [-0.3, -0.25) is 4.98 Å². The van der Waals surface area contributed by atoms with Crippen LogP contribution in [0.2, 0.25) is 5.02 Å². The second-order valence-electron chi connectivity index (χ2n) is 2.96. The lowest BCUT2D eigenvalue weighted by Crippen LogP contribution is -1.96. The minimum absolute atomic E-state index is 0.483. The van der Waals surface area contributed by atoms with E-state index in [0.29, 0.717) is 17.5 Å². The fourth-order valence-electron chi connectivity index (χ4n) is 1.08. The van der Waals surface area contributed by atoms with E-state index >= 15 is 0 Å². The van der Waals surface area contributed by atoms with Crippen LogP contribution >= 0.6 is 11.6 Å². The SMILES string of the molecule is Clc1ccc(OCc2ccncc2)nc1. The summed E-state index contributed by atoms with van der Waals surface area (Å²) in [5.74, 6) is 0.566.